The summed E-state index contributed by atoms with van der Waals surface area (Å²) < 4.78 is 27.0. The molecule has 0 aliphatic carbocycles. The lowest BCUT2D eigenvalue weighted by Gasteiger charge is -2.27. The fourth-order valence-electron chi connectivity index (χ4n) is 3.66. The van der Waals surface area contributed by atoms with Crippen molar-refractivity contribution in [3.8, 4) is 0 Å². The average molecular weight is 379 g/mol. The van der Waals surface area contributed by atoms with Crippen molar-refractivity contribution in [2.45, 2.75) is 29.2 Å². The third-order valence-electron chi connectivity index (χ3n) is 4.89. The molecule has 3 atom stereocenters. The van der Waals surface area contributed by atoms with Gasteiger partial charge in [0.15, 0.2) is 9.84 Å². The number of nitrogens with zero attached hydrogens (tertiary/aromatic N) is 1. The maximum absolute atomic E-state index is 13.5. The highest BCUT2D eigenvalue weighted by atomic mass is 32.2. The molecular weight excluding hydrogens is 358 g/mol. The summed E-state index contributed by atoms with van der Waals surface area (Å²) in [6, 6.07) is 27.5. The van der Waals surface area contributed by atoms with E-state index < -0.39 is 27.2 Å². The maximum atomic E-state index is 13.5. The van der Waals surface area contributed by atoms with Gasteiger partial charge in [-0.15, -0.1) is 0 Å². The number of hydrogen-bond acceptors (Lipinski definition) is 4. The van der Waals surface area contributed by atoms with E-state index in [2.05, 4.69) is 0 Å². The zero-order chi connectivity index (χ0) is 18.9. The molecule has 138 valence electrons. The van der Waals surface area contributed by atoms with E-state index in [1.165, 1.54) is 0 Å². The number of sulfone groups is 1. The highest BCUT2D eigenvalue weighted by Crippen LogP contribution is 2.43. The van der Waals surface area contributed by atoms with Gasteiger partial charge in [-0.3, -0.25) is 4.84 Å². The molecule has 0 N–H and O–H groups in total. The molecule has 27 heavy (non-hydrogen) atoms. The molecule has 4 rings (SSSR count). The summed E-state index contributed by atoms with van der Waals surface area (Å²) in [5.74, 6) is 0. The molecule has 1 aliphatic rings. The molecule has 1 aliphatic heterocycles. The van der Waals surface area contributed by atoms with Crippen LogP contribution in [0.5, 0.6) is 0 Å². The quantitative estimate of drug-likeness (QED) is 0.674. The SMILES string of the molecule is C[C@H]1ON(c2ccccc2)[C@@H](c2ccccc2)[C@@H]1S(=O)(=O)c1ccccc1. The van der Waals surface area contributed by atoms with Gasteiger partial charge in [0.25, 0.3) is 0 Å². The molecule has 0 radical (unpaired) electrons. The topological polar surface area (TPSA) is 46.6 Å². The monoisotopic (exact) mass is 379 g/mol. The summed E-state index contributed by atoms with van der Waals surface area (Å²) in [6.07, 6.45) is -0.486. The largest absolute Gasteiger partial charge is 0.268 e. The normalized spacial score (nSPS) is 22.7. The Hall–Kier alpha value is -2.63. The Morgan fingerprint density at radius 1 is 0.778 bits per heavy atom. The second-order valence-electron chi connectivity index (χ2n) is 6.65. The Balaban J connectivity index is 1.85. The number of hydrogen-bond donors (Lipinski definition) is 0. The van der Waals surface area contributed by atoms with Crippen molar-refractivity contribution in [1.82, 2.24) is 0 Å². The van der Waals surface area contributed by atoms with Crippen LogP contribution in [0.1, 0.15) is 18.5 Å². The zero-order valence-electron chi connectivity index (χ0n) is 15.0. The standard InChI is InChI=1S/C22H21NO3S/c1-17-22(27(24,25)20-15-9-4-10-16-20)21(18-11-5-2-6-12-18)23(26-17)19-13-7-3-8-14-19/h2-17,21-22H,1H3/t17-,21+,22-/m1/s1. The van der Waals surface area contributed by atoms with Crippen LogP contribution in [0.4, 0.5) is 5.69 Å². The number of hydroxylamine groups is 1. The van der Waals surface area contributed by atoms with Gasteiger partial charge in [-0.2, -0.15) is 0 Å². The van der Waals surface area contributed by atoms with E-state index in [0.29, 0.717) is 4.90 Å². The first-order valence-electron chi connectivity index (χ1n) is 8.94. The van der Waals surface area contributed by atoms with E-state index >= 15 is 0 Å². The van der Waals surface area contributed by atoms with Gasteiger partial charge < -0.3 is 0 Å². The molecule has 1 saturated heterocycles. The van der Waals surface area contributed by atoms with E-state index in [4.69, 9.17) is 4.84 Å². The van der Waals surface area contributed by atoms with Gasteiger partial charge >= 0.3 is 0 Å². The van der Waals surface area contributed by atoms with E-state index in [1.807, 2.05) is 73.7 Å². The Labute approximate surface area is 159 Å². The molecule has 1 fully saturated rings. The van der Waals surface area contributed by atoms with Gasteiger partial charge in [-0.05, 0) is 36.8 Å². The van der Waals surface area contributed by atoms with Gasteiger partial charge in [0, 0.05) is 0 Å². The molecule has 4 nitrogen and oxygen atoms in total. The van der Waals surface area contributed by atoms with Crippen molar-refractivity contribution in [2.75, 3.05) is 5.06 Å². The summed E-state index contributed by atoms with van der Waals surface area (Å²) in [4.78, 5) is 6.41. The molecule has 3 aromatic rings. The van der Waals surface area contributed by atoms with E-state index in [9.17, 15) is 8.42 Å². The Bertz CT molecular complexity index is 992. The highest BCUT2D eigenvalue weighted by molar-refractivity contribution is 7.92. The molecule has 1 heterocycles. The number of benzene rings is 3. The average Bonchev–Trinajstić information content (AvgIpc) is 3.08. The van der Waals surface area contributed by atoms with E-state index in [-0.39, 0.29) is 0 Å². The predicted octanol–water partition coefficient (Wildman–Crippen LogP) is 4.41. The summed E-state index contributed by atoms with van der Waals surface area (Å²) in [5.41, 5.74) is 1.75. The fraction of sp³-hybridized carbons (Fsp3) is 0.182. The lowest BCUT2D eigenvalue weighted by molar-refractivity contribution is 0.0966. The van der Waals surface area contributed by atoms with Crippen molar-refractivity contribution >= 4 is 15.5 Å². The van der Waals surface area contributed by atoms with Crippen molar-refractivity contribution in [3.05, 3.63) is 96.6 Å². The molecular formula is C22H21NO3S. The minimum absolute atomic E-state index is 0.321. The van der Waals surface area contributed by atoms with Crippen LogP contribution in [0, 0.1) is 0 Å². The van der Waals surface area contributed by atoms with Gasteiger partial charge in [0.2, 0.25) is 0 Å². The first kappa shape index (κ1) is 17.8. The molecule has 0 aromatic heterocycles. The molecule has 0 amide bonds. The second kappa shape index (κ2) is 7.18. The van der Waals surface area contributed by atoms with Crippen molar-refractivity contribution in [2.24, 2.45) is 0 Å². The van der Waals surface area contributed by atoms with Crippen molar-refractivity contribution in [3.63, 3.8) is 0 Å². The number of anilines is 1. The predicted molar refractivity (Wildman–Crippen MR) is 106 cm³/mol. The second-order valence-corrected chi connectivity index (χ2v) is 8.76. The van der Waals surface area contributed by atoms with Crippen LogP contribution in [0.25, 0.3) is 0 Å². The van der Waals surface area contributed by atoms with Crippen LogP contribution in [-0.4, -0.2) is 19.8 Å². The molecule has 0 spiro atoms. The Kier molecular flexibility index (Phi) is 4.72. The summed E-state index contributed by atoms with van der Waals surface area (Å²) in [7, 11) is -3.59. The van der Waals surface area contributed by atoms with Gasteiger partial charge in [-0.1, -0.05) is 66.7 Å². The van der Waals surface area contributed by atoms with Crippen molar-refractivity contribution in [1.29, 1.82) is 0 Å². The number of para-hydroxylation sites is 1. The molecule has 5 heteroatoms. The van der Waals surface area contributed by atoms with Crippen LogP contribution in [0.2, 0.25) is 0 Å². The minimum Gasteiger partial charge on any atom is -0.268 e. The smallest absolute Gasteiger partial charge is 0.186 e. The Morgan fingerprint density at radius 2 is 1.30 bits per heavy atom. The minimum atomic E-state index is -3.59. The summed E-state index contributed by atoms with van der Waals surface area (Å²) in [5, 5.41) is 1.02. The van der Waals surface area contributed by atoms with Crippen LogP contribution in [-0.2, 0) is 14.7 Å². The van der Waals surface area contributed by atoms with Crippen LogP contribution in [0.15, 0.2) is 95.9 Å². The molecule has 0 saturated carbocycles. The van der Waals surface area contributed by atoms with Gasteiger partial charge in [0.05, 0.1) is 10.6 Å². The maximum Gasteiger partial charge on any atom is 0.186 e. The molecule has 0 unspecified atom stereocenters. The zero-order valence-corrected chi connectivity index (χ0v) is 15.8. The molecule has 3 aromatic carbocycles. The van der Waals surface area contributed by atoms with Crippen LogP contribution in [0.3, 0.4) is 0 Å². The third kappa shape index (κ3) is 3.24. The lowest BCUT2D eigenvalue weighted by Crippen LogP contribution is -2.34. The fourth-order valence-corrected chi connectivity index (χ4v) is 5.67. The summed E-state index contributed by atoms with van der Waals surface area (Å²) >= 11 is 0. The molecule has 0 bridgehead atoms. The Morgan fingerprint density at radius 3 is 1.89 bits per heavy atom. The third-order valence-corrected chi connectivity index (χ3v) is 7.18. The van der Waals surface area contributed by atoms with Crippen LogP contribution < -0.4 is 5.06 Å². The first-order chi connectivity index (χ1) is 13.1. The number of rotatable bonds is 4. The van der Waals surface area contributed by atoms with E-state index in [1.54, 1.807) is 29.3 Å². The highest BCUT2D eigenvalue weighted by Gasteiger charge is 2.50. The van der Waals surface area contributed by atoms with E-state index in [0.717, 1.165) is 11.3 Å². The van der Waals surface area contributed by atoms with Crippen molar-refractivity contribution < 1.29 is 13.3 Å². The van der Waals surface area contributed by atoms with Crippen LogP contribution >= 0.6 is 0 Å². The first-order valence-corrected chi connectivity index (χ1v) is 10.5. The summed E-state index contributed by atoms with van der Waals surface area (Å²) in [6.45, 7) is 1.82. The van der Waals surface area contributed by atoms with Gasteiger partial charge in [0.1, 0.15) is 17.4 Å². The van der Waals surface area contributed by atoms with Gasteiger partial charge in [-0.25, -0.2) is 13.5 Å². The lowest BCUT2D eigenvalue weighted by atomic mass is 10.0.